The van der Waals surface area contributed by atoms with Crippen LogP contribution in [0, 0.1) is 5.92 Å². The van der Waals surface area contributed by atoms with E-state index in [-0.39, 0.29) is 0 Å². The number of carboxylic acids is 1. The molecule has 0 aromatic rings. The number of hydrogen-bond acceptors (Lipinski definition) is 2. The van der Waals surface area contributed by atoms with E-state index < -0.39 is 42.2 Å². The van der Waals surface area contributed by atoms with Gasteiger partial charge < -0.3 is 10.0 Å². The van der Waals surface area contributed by atoms with E-state index in [1.807, 2.05) is 0 Å². The molecule has 3 aliphatic rings. The Balaban J connectivity index is 2.37. The third-order valence-electron chi connectivity index (χ3n) is 3.56. The Morgan fingerprint density at radius 3 is 2.38 bits per heavy atom. The molecule has 0 spiro atoms. The van der Waals surface area contributed by atoms with Crippen LogP contribution in [0.4, 0.5) is 8.78 Å². The van der Waals surface area contributed by atoms with Crippen LogP contribution in [-0.2, 0) is 9.59 Å². The van der Waals surface area contributed by atoms with Crippen LogP contribution in [-0.4, -0.2) is 46.3 Å². The molecule has 0 aromatic carbocycles. The van der Waals surface area contributed by atoms with Crippen LogP contribution >= 0.6 is 0 Å². The van der Waals surface area contributed by atoms with Gasteiger partial charge in [0.1, 0.15) is 12.2 Å². The highest BCUT2D eigenvalue weighted by Gasteiger charge is 2.57. The normalized spacial score (nSPS) is 42.2. The van der Waals surface area contributed by atoms with Crippen molar-refractivity contribution < 1.29 is 23.5 Å². The summed E-state index contributed by atoms with van der Waals surface area (Å²) in [4.78, 5) is 23.4. The van der Waals surface area contributed by atoms with Crippen molar-refractivity contribution in [3.8, 4) is 0 Å². The summed E-state index contributed by atoms with van der Waals surface area (Å²) in [5.41, 5.74) is 0. The minimum atomic E-state index is -1.77. The molecule has 2 aliphatic heterocycles. The van der Waals surface area contributed by atoms with Gasteiger partial charge in [-0.3, -0.25) is 4.79 Å². The molecule has 90 valence electrons. The van der Waals surface area contributed by atoms with Crippen LogP contribution < -0.4 is 0 Å². The number of carboxylic acid groups (broad SMARTS) is 1. The lowest BCUT2D eigenvalue weighted by molar-refractivity contribution is -0.175. The lowest BCUT2D eigenvalue weighted by Crippen LogP contribution is -2.68. The number of nitrogens with zero attached hydrogens (tertiary/aromatic N) is 1. The molecule has 1 N–H and O–H groups in total. The molecule has 5 atom stereocenters. The quantitative estimate of drug-likeness (QED) is 0.727. The summed E-state index contributed by atoms with van der Waals surface area (Å²) in [6, 6.07) is -2.13. The number of halogens is 2. The lowest BCUT2D eigenvalue weighted by Gasteiger charge is -2.52. The van der Waals surface area contributed by atoms with Gasteiger partial charge in [-0.05, 0) is 12.8 Å². The van der Waals surface area contributed by atoms with Gasteiger partial charge >= 0.3 is 5.97 Å². The van der Waals surface area contributed by atoms with Crippen molar-refractivity contribution in [2.24, 2.45) is 5.92 Å². The molecular weight excluding hydrogens is 220 g/mol. The van der Waals surface area contributed by atoms with Gasteiger partial charge in [0.2, 0.25) is 5.91 Å². The molecule has 2 unspecified atom stereocenters. The summed E-state index contributed by atoms with van der Waals surface area (Å²) in [6.07, 6.45) is -2.85. The predicted molar refractivity (Wildman–Crippen MR) is 50.2 cm³/mol. The highest BCUT2D eigenvalue weighted by atomic mass is 19.2. The van der Waals surface area contributed by atoms with Crippen molar-refractivity contribution in [1.29, 1.82) is 0 Å². The Morgan fingerprint density at radius 1 is 1.25 bits per heavy atom. The van der Waals surface area contributed by atoms with Gasteiger partial charge in [-0.2, -0.15) is 0 Å². The summed E-state index contributed by atoms with van der Waals surface area (Å²) >= 11 is 0. The number of rotatable bonds is 1. The summed E-state index contributed by atoms with van der Waals surface area (Å²) < 4.78 is 27.1. The maximum atomic E-state index is 13.6. The maximum absolute atomic E-state index is 13.6. The van der Waals surface area contributed by atoms with Crippen molar-refractivity contribution in [3.63, 3.8) is 0 Å². The molecule has 6 heteroatoms. The number of amides is 1. The Labute approximate surface area is 91.2 Å². The van der Waals surface area contributed by atoms with Crippen molar-refractivity contribution in [2.45, 2.75) is 44.2 Å². The zero-order valence-electron chi connectivity index (χ0n) is 8.77. The molecule has 1 saturated carbocycles. The second-order valence-corrected chi connectivity index (χ2v) is 4.41. The maximum Gasteiger partial charge on any atom is 0.326 e. The van der Waals surface area contributed by atoms with Crippen LogP contribution in [0.2, 0.25) is 0 Å². The van der Waals surface area contributed by atoms with E-state index in [2.05, 4.69) is 0 Å². The molecule has 2 heterocycles. The number of hydrogen-bond donors (Lipinski definition) is 1. The zero-order chi connectivity index (χ0) is 12.0. The summed E-state index contributed by atoms with van der Waals surface area (Å²) in [5, 5.41) is 9.00. The van der Waals surface area contributed by atoms with Gasteiger partial charge in [0.25, 0.3) is 0 Å². The van der Waals surface area contributed by atoms with Crippen LogP contribution in [0.15, 0.2) is 0 Å². The van der Waals surface area contributed by atoms with Gasteiger partial charge in [0.05, 0.1) is 6.04 Å². The molecule has 1 aliphatic carbocycles. The third kappa shape index (κ3) is 1.39. The molecule has 1 amide bonds. The van der Waals surface area contributed by atoms with Gasteiger partial charge in [-0.25, -0.2) is 13.6 Å². The number of carbonyl (C=O) groups excluding carboxylic acids is 1. The summed E-state index contributed by atoms with van der Waals surface area (Å²) in [7, 11) is 0. The number of fused-ring (bicyclic) bond motifs is 3. The van der Waals surface area contributed by atoms with Crippen molar-refractivity contribution in [3.05, 3.63) is 0 Å². The molecule has 3 rings (SSSR count). The van der Waals surface area contributed by atoms with Crippen molar-refractivity contribution in [1.82, 2.24) is 4.90 Å². The van der Waals surface area contributed by atoms with Gasteiger partial charge in [-0.1, -0.05) is 0 Å². The van der Waals surface area contributed by atoms with E-state index in [9.17, 15) is 18.4 Å². The standard InChI is InChI=1S/C10H13F2NO3/c1-4(14)13-6-3-2-5(7(11)8(6)12)9(13)10(15)16/h5-9H,2-3H2,1H3,(H,15,16)/t5?,6?,7-,8+,9+/m1/s1. The van der Waals surface area contributed by atoms with Gasteiger partial charge in [0.15, 0.2) is 6.17 Å². The SMILES string of the molecule is CC(=O)N1C2CCC([C@@H](F)[C@H]2F)[C@H]1C(=O)O. The monoisotopic (exact) mass is 233 g/mol. The number of carbonyl (C=O) groups is 2. The van der Waals surface area contributed by atoms with E-state index in [1.54, 1.807) is 0 Å². The van der Waals surface area contributed by atoms with Crippen molar-refractivity contribution >= 4 is 11.9 Å². The molecule has 2 bridgehead atoms. The Hall–Kier alpha value is -1.20. The van der Waals surface area contributed by atoms with Gasteiger partial charge in [-0.15, -0.1) is 0 Å². The molecule has 0 radical (unpaired) electrons. The van der Waals surface area contributed by atoms with E-state index in [1.165, 1.54) is 6.92 Å². The number of alkyl halides is 2. The highest BCUT2D eigenvalue weighted by Crippen LogP contribution is 2.43. The molecule has 4 nitrogen and oxygen atoms in total. The highest BCUT2D eigenvalue weighted by molar-refractivity contribution is 5.83. The largest absolute Gasteiger partial charge is 0.480 e. The first-order valence-corrected chi connectivity index (χ1v) is 5.25. The molecule has 0 aromatic heterocycles. The number of piperidine rings is 2. The Bertz CT molecular complexity index is 304. The van der Waals surface area contributed by atoms with E-state index >= 15 is 0 Å². The lowest BCUT2D eigenvalue weighted by atomic mass is 9.72. The molecule has 16 heavy (non-hydrogen) atoms. The zero-order valence-corrected chi connectivity index (χ0v) is 8.77. The van der Waals surface area contributed by atoms with E-state index in [0.29, 0.717) is 12.8 Å². The van der Waals surface area contributed by atoms with E-state index in [4.69, 9.17) is 5.11 Å². The Morgan fingerprint density at radius 2 is 1.88 bits per heavy atom. The third-order valence-corrected chi connectivity index (χ3v) is 3.56. The topological polar surface area (TPSA) is 57.6 Å². The van der Waals surface area contributed by atoms with Crippen molar-refractivity contribution in [2.75, 3.05) is 0 Å². The second-order valence-electron chi connectivity index (χ2n) is 4.41. The molecule has 2 saturated heterocycles. The van der Waals surface area contributed by atoms with Crippen LogP contribution in [0.5, 0.6) is 0 Å². The van der Waals surface area contributed by atoms with Crippen LogP contribution in [0.3, 0.4) is 0 Å². The fourth-order valence-corrected chi connectivity index (χ4v) is 2.90. The second kappa shape index (κ2) is 3.68. The van der Waals surface area contributed by atoms with Gasteiger partial charge in [0, 0.05) is 12.8 Å². The first-order valence-electron chi connectivity index (χ1n) is 5.25. The minimum absolute atomic E-state index is 0.326. The summed E-state index contributed by atoms with van der Waals surface area (Å²) in [5.74, 6) is -2.67. The average Bonchev–Trinajstić information content (AvgIpc) is 2.23. The molecule has 3 fully saturated rings. The minimum Gasteiger partial charge on any atom is -0.480 e. The average molecular weight is 233 g/mol. The Kier molecular flexibility index (Phi) is 2.59. The fraction of sp³-hybridized carbons (Fsp3) is 0.800. The summed E-state index contributed by atoms with van der Waals surface area (Å²) in [6.45, 7) is 1.19. The van der Waals surface area contributed by atoms with Crippen LogP contribution in [0.1, 0.15) is 19.8 Å². The smallest absolute Gasteiger partial charge is 0.326 e. The first-order chi connectivity index (χ1) is 7.45. The van der Waals surface area contributed by atoms with E-state index in [0.717, 1.165) is 4.90 Å². The first kappa shape index (κ1) is 11.3. The van der Waals surface area contributed by atoms with Crippen LogP contribution in [0.25, 0.3) is 0 Å². The molecular formula is C10H13F2NO3. The fourth-order valence-electron chi connectivity index (χ4n) is 2.90. The number of aliphatic carboxylic acids is 1. The predicted octanol–water partition coefficient (Wildman–Crippen LogP) is 0.756.